The lowest BCUT2D eigenvalue weighted by Crippen LogP contribution is -2.41. The Labute approximate surface area is 168 Å². The summed E-state index contributed by atoms with van der Waals surface area (Å²) in [6, 6.07) is 12.3. The van der Waals surface area contributed by atoms with Crippen molar-refractivity contribution in [1.82, 2.24) is 4.90 Å². The quantitative estimate of drug-likeness (QED) is 0.854. The lowest BCUT2D eigenvalue weighted by atomic mass is 9.95. The van der Waals surface area contributed by atoms with E-state index in [4.69, 9.17) is 21.1 Å². The minimum Gasteiger partial charge on any atom is -0.486 e. The number of amides is 2. The van der Waals surface area contributed by atoms with Crippen LogP contribution in [0.1, 0.15) is 23.2 Å². The number of benzene rings is 2. The molecule has 2 aromatic carbocycles. The summed E-state index contributed by atoms with van der Waals surface area (Å²) in [4.78, 5) is 27.0. The van der Waals surface area contributed by atoms with E-state index in [1.54, 1.807) is 41.3 Å². The van der Waals surface area contributed by atoms with Crippen molar-refractivity contribution in [3.8, 4) is 11.5 Å². The predicted octanol–water partition coefficient (Wildman–Crippen LogP) is 3.60. The summed E-state index contributed by atoms with van der Waals surface area (Å²) in [6.07, 6.45) is 1.26. The number of hydrogen-bond donors (Lipinski definition) is 1. The highest BCUT2D eigenvalue weighted by Gasteiger charge is 2.28. The van der Waals surface area contributed by atoms with E-state index >= 15 is 0 Å². The Kier molecular flexibility index (Phi) is 5.39. The molecule has 2 aliphatic heterocycles. The van der Waals surface area contributed by atoms with Gasteiger partial charge in [-0.05, 0) is 43.2 Å². The highest BCUT2D eigenvalue weighted by atomic mass is 35.5. The molecule has 28 heavy (non-hydrogen) atoms. The third-order valence-electron chi connectivity index (χ3n) is 5.03. The zero-order chi connectivity index (χ0) is 19.5. The molecule has 2 amide bonds. The fraction of sp³-hybridized carbons (Fsp3) is 0.333. The second-order valence-electron chi connectivity index (χ2n) is 6.92. The Balaban J connectivity index is 1.33. The van der Waals surface area contributed by atoms with E-state index in [1.165, 1.54) is 0 Å². The van der Waals surface area contributed by atoms with Gasteiger partial charge in [-0.15, -0.1) is 0 Å². The first kappa shape index (κ1) is 18.6. The number of carbonyl (C=O) groups excluding carboxylic acids is 2. The average Bonchev–Trinajstić information content (AvgIpc) is 2.73. The van der Waals surface area contributed by atoms with Crippen LogP contribution in [0.4, 0.5) is 5.69 Å². The Morgan fingerprint density at radius 3 is 2.50 bits per heavy atom. The van der Waals surface area contributed by atoms with Gasteiger partial charge in [0.2, 0.25) is 5.91 Å². The molecule has 0 atom stereocenters. The molecule has 146 valence electrons. The van der Waals surface area contributed by atoms with Crippen LogP contribution in [0, 0.1) is 5.92 Å². The minimum atomic E-state index is -0.128. The van der Waals surface area contributed by atoms with Crippen molar-refractivity contribution in [1.29, 1.82) is 0 Å². The molecule has 0 spiro atoms. The molecule has 2 aromatic rings. The second-order valence-corrected chi connectivity index (χ2v) is 7.36. The van der Waals surface area contributed by atoms with Gasteiger partial charge in [-0.2, -0.15) is 0 Å². The zero-order valence-electron chi connectivity index (χ0n) is 15.3. The highest BCUT2D eigenvalue weighted by Crippen LogP contribution is 2.33. The number of halogens is 1. The highest BCUT2D eigenvalue weighted by molar-refractivity contribution is 6.30. The predicted molar refractivity (Wildman–Crippen MR) is 106 cm³/mol. The third-order valence-corrected chi connectivity index (χ3v) is 5.27. The maximum Gasteiger partial charge on any atom is 0.253 e. The lowest BCUT2D eigenvalue weighted by molar-refractivity contribution is -0.121. The SMILES string of the molecule is O=C(Nc1ccc2c(c1)OCCO2)C1CCN(C(=O)c2cccc(Cl)c2)CC1. The molecule has 1 fully saturated rings. The number of rotatable bonds is 3. The molecule has 6 nitrogen and oxygen atoms in total. The molecule has 0 saturated carbocycles. The van der Waals surface area contributed by atoms with E-state index in [-0.39, 0.29) is 17.7 Å². The number of carbonyl (C=O) groups is 2. The number of fused-ring (bicyclic) bond motifs is 1. The largest absolute Gasteiger partial charge is 0.486 e. The van der Waals surface area contributed by atoms with Crippen LogP contribution in [0.15, 0.2) is 42.5 Å². The summed E-state index contributed by atoms with van der Waals surface area (Å²) >= 11 is 5.97. The van der Waals surface area contributed by atoms with E-state index in [1.807, 2.05) is 6.07 Å². The zero-order valence-corrected chi connectivity index (χ0v) is 16.1. The van der Waals surface area contributed by atoms with Gasteiger partial charge in [-0.3, -0.25) is 9.59 Å². The summed E-state index contributed by atoms with van der Waals surface area (Å²) < 4.78 is 11.0. The number of nitrogens with one attached hydrogen (secondary N) is 1. The van der Waals surface area contributed by atoms with Crippen molar-refractivity contribution in [3.05, 3.63) is 53.1 Å². The van der Waals surface area contributed by atoms with Gasteiger partial charge in [-0.1, -0.05) is 17.7 Å². The van der Waals surface area contributed by atoms with Crippen molar-refractivity contribution >= 4 is 29.1 Å². The molecular formula is C21H21ClN2O4. The first-order chi connectivity index (χ1) is 13.6. The number of nitrogens with zero attached hydrogens (tertiary/aromatic N) is 1. The van der Waals surface area contributed by atoms with Crippen molar-refractivity contribution in [3.63, 3.8) is 0 Å². The molecule has 2 heterocycles. The third kappa shape index (κ3) is 4.07. The molecule has 4 rings (SSSR count). The van der Waals surface area contributed by atoms with E-state index in [0.717, 1.165) is 0 Å². The standard InChI is InChI=1S/C21H21ClN2O4/c22-16-3-1-2-15(12-16)21(26)24-8-6-14(7-9-24)20(25)23-17-4-5-18-19(13-17)28-11-10-27-18/h1-5,12-14H,6-11H2,(H,23,25). The van der Waals surface area contributed by atoms with E-state index in [9.17, 15) is 9.59 Å². The lowest BCUT2D eigenvalue weighted by Gasteiger charge is -2.31. The molecule has 0 radical (unpaired) electrons. The monoisotopic (exact) mass is 400 g/mol. The molecule has 0 aromatic heterocycles. The van der Waals surface area contributed by atoms with Gasteiger partial charge in [0.1, 0.15) is 13.2 Å². The van der Waals surface area contributed by atoms with Crippen LogP contribution < -0.4 is 14.8 Å². The summed E-state index contributed by atoms with van der Waals surface area (Å²) in [5.74, 6) is 1.12. The molecular weight excluding hydrogens is 380 g/mol. The number of likely N-dealkylation sites (tertiary alicyclic amines) is 1. The van der Waals surface area contributed by atoms with Gasteiger partial charge in [0.15, 0.2) is 11.5 Å². The fourth-order valence-electron chi connectivity index (χ4n) is 3.51. The maximum atomic E-state index is 12.6. The molecule has 0 bridgehead atoms. The van der Waals surface area contributed by atoms with Crippen molar-refractivity contribution in [2.45, 2.75) is 12.8 Å². The Morgan fingerprint density at radius 2 is 1.75 bits per heavy atom. The number of anilines is 1. The molecule has 1 N–H and O–H groups in total. The molecule has 2 aliphatic rings. The summed E-state index contributed by atoms with van der Waals surface area (Å²) in [5.41, 5.74) is 1.26. The van der Waals surface area contributed by atoms with Crippen LogP contribution in [-0.2, 0) is 4.79 Å². The Bertz CT molecular complexity index is 894. The van der Waals surface area contributed by atoms with Crippen LogP contribution in [0.2, 0.25) is 5.02 Å². The van der Waals surface area contributed by atoms with Gasteiger partial charge in [0.25, 0.3) is 5.91 Å². The van der Waals surface area contributed by atoms with E-state index in [0.29, 0.717) is 66.9 Å². The maximum absolute atomic E-state index is 12.6. The van der Waals surface area contributed by atoms with Gasteiger partial charge in [0.05, 0.1) is 0 Å². The smallest absolute Gasteiger partial charge is 0.253 e. The van der Waals surface area contributed by atoms with Crippen molar-refractivity contribution in [2.75, 3.05) is 31.6 Å². The normalized spacial score (nSPS) is 16.5. The van der Waals surface area contributed by atoms with Gasteiger partial charge in [-0.25, -0.2) is 0 Å². The van der Waals surface area contributed by atoms with E-state index in [2.05, 4.69) is 5.32 Å². The van der Waals surface area contributed by atoms with Crippen molar-refractivity contribution < 1.29 is 19.1 Å². The van der Waals surface area contributed by atoms with Gasteiger partial charge < -0.3 is 19.7 Å². The molecule has 7 heteroatoms. The first-order valence-electron chi connectivity index (χ1n) is 9.35. The average molecular weight is 401 g/mol. The first-order valence-corrected chi connectivity index (χ1v) is 9.73. The number of ether oxygens (including phenoxy) is 2. The topological polar surface area (TPSA) is 67.9 Å². The number of piperidine rings is 1. The molecule has 0 aliphatic carbocycles. The molecule has 1 saturated heterocycles. The van der Waals surface area contributed by atoms with Gasteiger partial charge >= 0.3 is 0 Å². The van der Waals surface area contributed by atoms with Crippen LogP contribution >= 0.6 is 11.6 Å². The summed E-state index contributed by atoms with van der Waals surface area (Å²) in [6.45, 7) is 2.13. The Hall–Kier alpha value is -2.73. The minimum absolute atomic E-state index is 0.0356. The number of hydrogen-bond acceptors (Lipinski definition) is 4. The van der Waals surface area contributed by atoms with E-state index < -0.39 is 0 Å². The van der Waals surface area contributed by atoms with Crippen LogP contribution in [0.5, 0.6) is 11.5 Å². The Morgan fingerprint density at radius 1 is 1.00 bits per heavy atom. The van der Waals surface area contributed by atoms with Crippen LogP contribution in [0.25, 0.3) is 0 Å². The van der Waals surface area contributed by atoms with Crippen molar-refractivity contribution in [2.24, 2.45) is 5.92 Å². The summed E-state index contributed by atoms with van der Waals surface area (Å²) in [7, 11) is 0. The fourth-order valence-corrected chi connectivity index (χ4v) is 3.70. The van der Waals surface area contributed by atoms with Crippen LogP contribution in [-0.4, -0.2) is 43.0 Å². The summed E-state index contributed by atoms with van der Waals surface area (Å²) in [5, 5.41) is 3.49. The molecule has 0 unspecified atom stereocenters. The van der Waals surface area contributed by atoms with Gasteiger partial charge in [0, 0.05) is 41.3 Å². The van der Waals surface area contributed by atoms with Crippen LogP contribution in [0.3, 0.4) is 0 Å². The second kappa shape index (κ2) is 8.10.